The lowest BCUT2D eigenvalue weighted by Gasteiger charge is -2.32. The second-order valence-electron chi connectivity index (χ2n) is 8.53. The summed E-state index contributed by atoms with van der Waals surface area (Å²) < 4.78 is 38.6. The van der Waals surface area contributed by atoms with E-state index < -0.39 is 11.7 Å². The Hall–Kier alpha value is -2.74. The van der Waals surface area contributed by atoms with Gasteiger partial charge in [0.2, 0.25) is 5.91 Å². The van der Waals surface area contributed by atoms with E-state index in [-0.39, 0.29) is 24.4 Å². The van der Waals surface area contributed by atoms with Crippen molar-refractivity contribution in [1.29, 1.82) is 0 Å². The first-order chi connectivity index (χ1) is 15.7. The molecule has 2 aliphatic rings. The lowest BCUT2D eigenvalue weighted by Crippen LogP contribution is -2.48. The van der Waals surface area contributed by atoms with Crippen molar-refractivity contribution < 1.29 is 22.8 Å². The van der Waals surface area contributed by atoms with Crippen molar-refractivity contribution >= 4 is 35.3 Å². The Kier molecular flexibility index (Phi) is 6.83. The zero-order valence-electron chi connectivity index (χ0n) is 18.2. The molecule has 4 rings (SSSR count). The fourth-order valence-corrected chi connectivity index (χ4v) is 5.32. The Morgan fingerprint density at radius 3 is 2.52 bits per heavy atom. The van der Waals surface area contributed by atoms with Crippen LogP contribution in [0.15, 0.2) is 58.3 Å². The highest BCUT2D eigenvalue weighted by molar-refractivity contribution is 8.04. The molecule has 1 heterocycles. The minimum atomic E-state index is -4.42. The molecule has 2 aromatic carbocycles. The number of carbonyl (C=O) groups is 2. The van der Waals surface area contributed by atoms with Crippen LogP contribution in [0.2, 0.25) is 0 Å². The van der Waals surface area contributed by atoms with Crippen molar-refractivity contribution in [2.24, 2.45) is 5.92 Å². The van der Waals surface area contributed by atoms with Crippen molar-refractivity contribution in [3.05, 3.63) is 64.6 Å². The Labute approximate surface area is 195 Å². The molecule has 1 N–H and O–H groups in total. The van der Waals surface area contributed by atoms with Crippen LogP contribution in [-0.4, -0.2) is 24.4 Å². The molecule has 1 aliphatic carbocycles. The van der Waals surface area contributed by atoms with Crippen LogP contribution in [0, 0.1) is 5.92 Å². The van der Waals surface area contributed by atoms with Crippen LogP contribution in [0.25, 0.3) is 6.08 Å². The molecule has 8 heteroatoms. The largest absolute Gasteiger partial charge is 0.416 e. The Morgan fingerprint density at radius 1 is 1.12 bits per heavy atom. The number of thioether (sulfide) groups is 1. The zero-order chi connectivity index (χ0) is 23.6. The summed E-state index contributed by atoms with van der Waals surface area (Å²) in [6.45, 7) is 2.02. The predicted molar refractivity (Wildman–Crippen MR) is 124 cm³/mol. The van der Waals surface area contributed by atoms with E-state index in [2.05, 4.69) is 12.2 Å². The number of hydrogen-bond donors (Lipinski definition) is 1. The highest BCUT2D eigenvalue weighted by Crippen LogP contribution is 2.42. The molecule has 1 saturated carbocycles. The van der Waals surface area contributed by atoms with Gasteiger partial charge in [0.15, 0.2) is 0 Å². The van der Waals surface area contributed by atoms with Gasteiger partial charge in [-0.05, 0) is 54.7 Å². The van der Waals surface area contributed by atoms with Gasteiger partial charge in [0.25, 0.3) is 5.91 Å². The summed E-state index contributed by atoms with van der Waals surface area (Å²) in [5, 5.41) is 3.09. The smallest absolute Gasteiger partial charge is 0.352 e. The van der Waals surface area contributed by atoms with E-state index in [0.29, 0.717) is 22.1 Å². The van der Waals surface area contributed by atoms with Gasteiger partial charge in [-0.15, -0.1) is 0 Å². The number of nitrogens with zero attached hydrogens (tertiary/aromatic N) is 1. The Balaban J connectivity index is 1.56. The second-order valence-corrected chi connectivity index (χ2v) is 9.61. The van der Waals surface area contributed by atoms with Gasteiger partial charge >= 0.3 is 6.18 Å². The first-order valence-corrected chi connectivity index (χ1v) is 11.8. The standard InChI is InChI=1S/C25H25F3N2O2S/c1-16-6-2-3-7-19(16)29-23(31)15-30-20-8-4-5-9-21(20)33-22(24(30)32)14-17-10-12-18(13-11-17)25(26,27)28/h4-5,8-14,16,19H,2-3,6-7,15H2,1H3,(H,29,31). The van der Waals surface area contributed by atoms with E-state index in [4.69, 9.17) is 0 Å². The number of rotatable bonds is 4. The highest BCUT2D eigenvalue weighted by Gasteiger charge is 2.32. The fourth-order valence-electron chi connectivity index (χ4n) is 4.27. The summed E-state index contributed by atoms with van der Waals surface area (Å²) in [5.74, 6) is -0.152. The number of benzene rings is 2. The summed E-state index contributed by atoms with van der Waals surface area (Å²) in [5.41, 5.74) is 0.399. The van der Waals surface area contributed by atoms with Crippen LogP contribution in [-0.2, 0) is 15.8 Å². The van der Waals surface area contributed by atoms with Crippen LogP contribution in [0.1, 0.15) is 43.7 Å². The molecule has 1 fully saturated rings. The number of hydrogen-bond acceptors (Lipinski definition) is 3. The number of para-hydroxylation sites is 1. The molecule has 2 aromatic rings. The summed E-state index contributed by atoms with van der Waals surface area (Å²) >= 11 is 1.25. The summed E-state index contributed by atoms with van der Waals surface area (Å²) in [4.78, 5) is 28.7. The normalized spacial score (nSPS) is 22.2. The van der Waals surface area contributed by atoms with E-state index in [1.165, 1.54) is 35.2 Å². The maximum absolute atomic E-state index is 13.3. The third-order valence-electron chi connectivity index (χ3n) is 6.13. The molecule has 1 aliphatic heterocycles. The predicted octanol–water partition coefficient (Wildman–Crippen LogP) is 5.88. The average Bonchev–Trinajstić information content (AvgIpc) is 2.78. The lowest BCUT2D eigenvalue weighted by molar-refractivity contribution is -0.137. The first-order valence-electron chi connectivity index (χ1n) is 11.0. The molecule has 2 atom stereocenters. The van der Waals surface area contributed by atoms with Crippen molar-refractivity contribution in [2.45, 2.75) is 49.7 Å². The SMILES string of the molecule is CC1CCCCC1NC(=O)CN1C(=O)C(=Cc2ccc(C(F)(F)F)cc2)Sc2ccccc21. The monoisotopic (exact) mass is 474 g/mol. The quantitative estimate of drug-likeness (QED) is 0.563. The van der Waals surface area contributed by atoms with E-state index >= 15 is 0 Å². The molecule has 2 amide bonds. The van der Waals surface area contributed by atoms with E-state index in [1.54, 1.807) is 12.1 Å². The fraction of sp³-hybridized carbons (Fsp3) is 0.360. The second kappa shape index (κ2) is 9.63. The molecule has 0 saturated heterocycles. The van der Waals surface area contributed by atoms with E-state index in [1.807, 2.05) is 18.2 Å². The number of anilines is 1. The molecule has 174 valence electrons. The van der Waals surface area contributed by atoms with Crippen molar-refractivity contribution in [3.63, 3.8) is 0 Å². The average molecular weight is 475 g/mol. The van der Waals surface area contributed by atoms with Crippen LogP contribution >= 0.6 is 11.8 Å². The van der Waals surface area contributed by atoms with Crippen LogP contribution < -0.4 is 10.2 Å². The number of nitrogens with one attached hydrogen (secondary N) is 1. The number of alkyl halides is 3. The third kappa shape index (κ3) is 5.43. The van der Waals surface area contributed by atoms with Crippen molar-refractivity contribution in [1.82, 2.24) is 5.32 Å². The van der Waals surface area contributed by atoms with Gasteiger partial charge in [-0.25, -0.2) is 0 Å². The van der Waals surface area contributed by atoms with Gasteiger partial charge in [0.1, 0.15) is 6.54 Å². The molecular formula is C25H25F3N2O2S. The van der Waals surface area contributed by atoms with Gasteiger partial charge in [-0.3, -0.25) is 14.5 Å². The molecule has 2 unspecified atom stereocenters. The molecular weight excluding hydrogens is 449 g/mol. The molecule has 0 spiro atoms. The number of fused-ring (bicyclic) bond motifs is 1. The lowest BCUT2D eigenvalue weighted by atomic mass is 9.86. The number of halogens is 3. The molecule has 0 aromatic heterocycles. The van der Waals surface area contributed by atoms with Gasteiger partial charge in [0.05, 0.1) is 16.2 Å². The van der Waals surface area contributed by atoms with Crippen LogP contribution in [0.4, 0.5) is 18.9 Å². The molecule has 0 radical (unpaired) electrons. The summed E-state index contributed by atoms with van der Waals surface area (Å²) in [6.07, 6.45) is 1.41. The minimum absolute atomic E-state index is 0.107. The molecule has 0 bridgehead atoms. The minimum Gasteiger partial charge on any atom is -0.352 e. The third-order valence-corrected chi connectivity index (χ3v) is 7.20. The molecule has 4 nitrogen and oxygen atoms in total. The van der Waals surface area contributed by atoms with Gasteiger partial charge < -0.3 is 5.32 Å². The Bertz CT molecular complexity index is 1070. The maximum Gasteiger partial charge on any atom is 0.416 e. The number of amides is 2. The first kappa shape index (κ1) is 23.4. The van der Waals surface area contributed by atoms with Gasteiger partial charge in [-0.2, -0.15) is 13.2 Å². The Morgan fingerprint density at radius 2 is 1.82 bits per heavy atom. The highest BCUT2D eigenvalue weighted by atomic mass is 32.2. The van der Waals surface area contributed by atoms with Crippen LogP contribution in [0.3, 0.4) is 0 Å². The van der Waals surface area contributed by atoms with E-state index in [0.717, 1.165) is 36.3 Å². The molecule has 33 heavy (non-hydrogen) atoms. The van der Waals surface area contributed by atoms with Crippen molar-refractivity contribution in [3.8, 4) is 0 Å². The maximum atomic E-state index is 13.3. The summed E-state index contributed by atoms with van der Waals surface area (Å²) in [7, 11) is 0. The van der Waals surface area contributed by atoms with Gasteiger partial charge in [-0.1, -0.05) is 55.8 Å². The number of carbonyl (C=O) groups excluding carboxylic acids is 2. The van der Waals surface area contributed by atoms with E-state index in [9.17, 15) is 22.8 Å². The topological polar surface area (TPSA) is 49.4 Å². The zero-order valence-corrected chi connectivity index (χ0v) is 19.0. The van der Waals surface area contributed by atoms with Crippen LogP contribution in [0.5, 0.6) is 0 Å². The van der Waals surface area contributed by atoms with Gasteiger partial charge in [0, 0.05) is 10.9 Å². The van der Waals surface area contributed by atoms with Crippen molar-refractivity contribution in [2.75, 3.05) is 11.4 Å². The summed E-state index contributed by atoms with van der Waals surface area (Å²) in [6, 6.07) is 12.1.